The number of nitrogens with zero attached hydrogens (tertiary/aromatic N) is 7. The minimum Gasteiger partial charge on any atom is -0.390 e. The van der Waals surface area contributed by atoms with Crippen molar-refractivity contribution >= 4 is 40.6 Å². The SMILES string of the molecule is CCCSc1nc(N/N=C/c2cccc([N+](=O)[O-])c2)c2nnn([C@@H]3C[C@H](O)[C@@H](O)[C@H]3O)c2n1. The number of aliphatic hydroxyl groups is 3. The first-order valence-electron chi connectivity index (χ1n) is 10.2. The van der Waals surface area contributed by atoms with Crippen molar-refractivity contribution in [3.8, 4) is 0 Å². The number of fused-ring (bicyclic) bond motifs is 1. The number of aliphatic hydroxyl groups excluding tert-OH is 3. The van der Waals surface area contributed by atoms with E-state index < -0.39 is 29.3 Å². The van der Waals surface area contributed by atoms with Crippen molar-refractivity contribution in [2.24, 2.45) is 5.10 Å². The quantitative estimate of drug-likeness (QED) is 0.120. The fourth-order valence-corrected chi connectivity index (χ4v) is 4.18. The number of hydrazone groups is 1. The zero-order valence-corrected chi connectivity index (χ0v) is 18.3. The van der Waals surface area contributed by atoms with Crippen LogP contribution in [-0.2, 0) is 0 Å². The molecule has 4 N–H and O–H groups in total. The Morgan fingerprint density at radius 2 is 2.15 bits per heavy atom. The first-order chi connectivity index (χ1) is 15.9. The first kappa shape index (κ1) is 23.0. The number of hydrogen-bond acceptors (Lipinski definition) is 12. The van der Waals surface area contributed by atoms with Crippen LogP contribution in [0.15, 0.2) is 34.5 Å². The zero-order chi connectivity index (χ0) is 23.5. The third kappa shape index (κ3) is 4.78. The van der Waals surface area contributed by atoms with E-state index in [0.717, 1.165) is 12.2 Å². The molecule has 4 rings (SSSR count). The molecule has 1 aromatic carbocycles. The minimum atomic E-state index is -1.29. The molecule has 0 unspecified atom stereocenters. The highest BCUT2D eigenvalue weighted by molar-refractivity contribution is 7.99. The fraction of sp³-hybridized carbons (Fsp3) is 0.421. The van der Waals surface area contributed by atoms with Crippen molar-refractivity contribution in [1.82, 2.24) is 25.0 Å². The van der Waals surface area contributed by atoms with Gasteiger partial charge in [-0.15, -0.1) is 5.10 Å². The van der Waals surface area contributed by atoms with E-state index in [1.165, 1.54) is 34.8 Å². The third-order valence-electron chi connectivity index (χ3n) is 5.14. The van der Waals surface area contributed by atoms with Gasteiger partial charge in [0, 0.05) is 29.9 Å². The van der Waals surface area contributed by atoms with E-state index in [0.29, 0.717) is 16.4 Å². The van der Waals surface area contributed by atoms with Crippen molar-refractivity contribution in [3.63, 3.8) is 0 Å². The number of aromatic nitrogens is 5. The summed E-state index contributed by atoms with van der Waals surface area (Å²) in [5.41, 5.74) is 3.87. The lowest BCUT2D eigenvalue weighted by Gasteiger charge is -2.16. The van der Waals surface area contributed by atoms with Gasteiger partial charge in [-0.2, -0.15) is 5.10 Å². The molecule has 0 amide bonds. The normalized spacial score (nSPS) is 22.9. The van der Waals surface area contributed by atoms with Crippen LogP contribution in [0.4, 0.5) is 11.5 Å². The summed E-state index contributed by atoms with van der Waals surface area (Å²) < 4.78 is 1.38. The summed E-state index contributed by atoms with van der Waals surface area (Å²) in [6.45, 7) is 2.03. The lowest BCUT2D eigenvalue weighted by Crippen LogP contribution is -2.31. The first-order valence-corrected chi connectivity index (χ1v) is 11.2. The van der Waals surface area contributed by atoms with Crippen molar-refractivity contribution in [3.05, 3.63) is 39.9 Å². The topological polar surface area (TPSA) is 185 Å². The van der Waals surface area contributed by atoms with Gasteiger partial charge >= 0.3 is 0 Å². The number of nitrogens with one attached hydrogen (secondary N) is 1. The van der Waals surface area contributed by atoms with Gasteiger partial charge in [-0.05, 0) is 6.42 Å². The Hall–Kier alpha value is -3.20. The predicted molar refractivity (Wildman–Crippen MR) is 120 cm³/mol. The number of anilines is 1. The molecule has 1 saturated carbocycles. The molecular weight excluding hydrogens is 452 g/mol. The molecule has 0 saturated heterocycles. The molecule has 174 valence electrons. The minimum absolute atomic E-state index is 0.0518. The van der Waals surface area contributed by atoms with Crippen LogP contribution >= 0.6 is 11.8 Å². The van der Waals surface area contributed by atoms with Crippen molar-refractivity contribution in [1.29, 1.82) is 0 Å². The van der Waals surface area contributed by atoms with E-state index in [4.69, 9.17) is 0 Å². The molecule has 33 heavy (non-hydrogen) atoms. The Morgan fingerprint density at radius 3 is 2.85 bits per heavy atom. The highest BCUT2D eigenvalue weighted by Gasteiger charge is 2.43. The van der Waals surface area contributed by atoms with Gasteiger partial charge < -0.3 is 15.3 Å². The van der Waals surface area contributed by atoms with E-state index in [2.05, 4.69) is 30.8 Å². The number of benzene rings is 1. The molecule has 0 aliphatic heterocycles. The molecule has 0 bridgehead atoms. The molecule has 3 aromatic rings. The Balaban J connectivity index is 1.66. The molecule has 13 nitrogen and oxygen atoms in total. The monoisotopic (exact) mass is 474 g/mol. The van der Waals surface area contributed by atoms with Crippen LogP contribution < -0.4 is 5.43 Å². The third-order valence-corrected chi connectivity index (χ3v) is 6.19. The van der Waals surface area contributed by atoms with Crippen molar-refractivity contribution < 1.29 is 20.2 Å². The summed E-state index contributed by atoms with van der Waals surface area (Å²) in [6.07, 6.45) is -1.20. The maximum absolute atomic E-state index is 11.0. The maximum Gasteiger partial charge on any atom is 0.270 e. The number of non-ortho nitro benzene ring substituents is 1. The van der Waals surface area contributed by atoms with Gasteiger partial charge in [-0.3, -0.25) is 15.5 Å². The van der Waals surface area contributed by atoms with Gasteiger partial charge in [0.15, 0.2) is 22.1 Å². The highest BCUT2D eigenvalue weighted by atomic mass is 32.2. The van der Waals surface area contributed by atoms with Crippen molar-refractivity contribution in [2.75, 3.05) is 11.2 Å². The van der Waals surface area contributed by atoms with Crippen LogP contribution in [-0.4, -0.2) is 75.5 Å². The van der Waals surface area contributed by atoms with E-state index in [1.54, 1.807) is 12.1 Å². The molecule has 2 heterocycles. The standard InChI is InChI=1S/C19H22N8O5S/c1-2-6-33-19-21-17(24-20-9-10-4-3-5-11(7-10)27(31)32)14-18(22-19)26(25-23-14)12-8-13(28)16(30)15(12)29/h3-5,7,9,12-13,15-16,28-30H,2,6,8H2,1H3,(H,21,22,24)/b20-9+/t12-,13+,15+,16-/m1/s1. The summed E-state index contributed by atoms with van der Waals surface area (Å²) in [5.74, 6) is 1.03. The second-order valence-corrected chi connectivity index (χ2v) is 8.55. The molecule has 1 aliphatic rings. The van der Waals surface area contributed by atoms with Crippen LogP contribution in [0, 0.1) is 10.1 Å². The number of nitro benzene ring substituents is 1. The van der Waals surface area contributed by atoms with E-state index >= 15 is 0 Å². The molecule has 1 aliphatic carbocycles. The molecule has 14 heteroatoms. The Kier molecular flexibility index (Phi) is 6.78. The van der Waals surface area contributed by atoms with E-state index in [-0.39, 0.29) is 23.4 Å². The fourth-order valence-electron chi connectivity index (χ4n) is 3.48. The summed E-state index contributed by atoms with van der Waals surface area (Å²) in [5, 5.41) is 53.9. The predicted octanol–water partition coefficient (Wildman–Crippen LogP) is 1.11. The molecule has 0 spiro atoms. The Bertz CT molecular complexity index is 1190. The summed E-state index contributed by atoms with van der Waals surface area (Å²) >= 11 is 1.42. The highest BCUT2D eigenvalue weighted by Crippen LogP contribution is 2.33. The number of thioether (sulfide) groups is 1. The molecule has 0 radical (unpaired) electrons. The number of hydrogen-bond donors (Lipinski definition) is 4. The lowest BCUT2D eigenvalue weighted by molar-refractivity contribution is -0.384. The van der Waals surface area contributed by atoms with Crippen LogP contribution in [0.3, 0.4) is 0 Å². The smallest absolute Gasteiger partial charge is 0.270 e. The average molecular weight is 475 g/mol. The summed E-state index contributed by atoms with van der Waals surface area (Å²) in [7, 11) is 0. The lowest BCUT2D eigenvalue weighted by atomic mass is 10.2. The second kappa shape index (κ2) is 9.74. The molecular formula is C19H22N8O5S. The van der Waals surface area contributed by atoms with Gasteiger partial charge in [0.1, 0.15) is 12.2 Å². The Morgan fingerprint density at radius 1 is 1.33 bits per heavy atom. The van der Waals surface area contributed by atoms with Crippen LogP contribution in [0.5, 0.6) is 0 Å². The van der Waals surface area contributed by atoms with Gasteiger partial charge in [0.05, 0.1) is 23.3 Å². The largest absolute Gasteiger partial charge is 0.390 e. The summed E-state index contributed by atoms with van der Waals surface area (Å²) in [6, 6.07) is 5.30. The van der Waals surface area contributed by atoms with Crippen LogP contribution in [0.1, 0.15) is 31.4 Å². The van der Waals surface area contributed by atoms with Gasteiger partial charge in [-0.25, -0.2) is 14.6 Å². The maximum atomic E-state index is 11.0. The van der Waals surface area contributed by atoms with E-state index in [9.17, 15) is 25.4 Å². The van der Waals surface area contributed by atoms with Gasteiger partial charge in [-0.1, -0.05) is 36.0 Å². The average Bonchev–Trinajstić information content (AvgIpc) is 3.34. The second-order valence-electron chi connectivity index (χ2n) is 7.48. The molecule has 1 fully saturated rings. The van der Waals surface area contributed by atoms with Gasteiger partial charge in [0.2, 0.25) is 0 Å². The summed E-state index contributed by atoms with van der Waals surface area (Å²) in [4.78, 5) is 19.4. The van der Waals surface area contributed by atoms with Crippen LogP contribution in [0.25, 0.3) is 11.2 Å². The molecule has 4 atom stereocenters. The number of nitro groups is 1. The zero-order valence-electron chi connectivity index (χ0n) is 17.5. The van der Waals surface area contributed by atoms with E-state index in [1.807, 2.05) is 6.92 Å². The van der Waals surface area contributed by atoms with Crippen LogP contribution in [0.2, 0.25) is 0 Å². The van der Waals surface area contributed by atoms with Gasteiger partial charge in [0.25, 0.3) is 5.69 Å². The number of rotatable bonds is 8. The molecule has 2 aromatic heterocycles. The Labute approximate surface area is 191 Å². The van der Waals surface area contributed by atoms with Crippen molar-refractivity contribution in [2.45, 2.75) is 49.3 Å².